The number of urea groups is 1. The van der Waals surface area contributed by atoms with E-state index < -0.39 is 6.03 Å². The lowest BCUT2D eigenvalue weighted by atomic mass is 10.3. The lowest BCUT2D eigenvalue weighted by Crippen LogP contribution is -2.19. The van der Waals surface area contributed by atoms with Crippen molar-refractivity contribution in [1.29, 1.82) is 0 Å². The Hall–Kier alpha value is -1.66. The summed E-state index contributed by atoms with van der Waals surface area (Å²) in [5, 5.41) is 2.50. The highest BCUT2D eigenvalue weighted by Gasteiger charge is 2.00. The largest absolute Gasteiger partial charge is 0.351 e. The lowest BCUT2D eigenvalue weighted by molar-refractivity contribution is 0.259. The van der Waals surface area contributed by atoms with Gasteiger partial charge in [-0.05, 0) is 49.7 Å². The Morgan fingerprint density at radius 3 is 2.68 bits per heavy atom. The number of thiazole rings is 1. The number of anilines is 1. The van der Waals surface area contributed by atoms with E-state index in [1.54, 1.807) is 6.07 Å². The number of aromatic amines is 1. The molecule has 0 fully saturated rings. The lowest BCUT2D eigenvalue weighted by Gasteiger charge is -1.99. The van der Waals surface area contributed by atoms with E-state index in [1.807, 2.05) is 12.1 Å². The molecule has 4 nitrogen and oxygen atoms in total. The van der Waals surface area contributed by atoms with Crippen LogP contribution < -0.4 is 11.1 Å². The maximum atomic E-state index is 10.6. The highest BCUT2D eigenvalue weighted by atomic mass is 32.1. The zero-order valence-electron chi connectivity index (χ0n) is 10.3. The smallest absolute Gasteiger partial charge is 0.316 e. The van der Waals surface area contributed by atoms with E-state index in [0.717, 1.165) is 14.2 Å². The van der Waals surface area contributed by atoms with Crippen LogP contribution in [0.1, 0.15) is 19.3 Å². The summed E-state index contributed by atoms with van der Waals surface area (Å²) in [5.41, 5.74) is 6.64. The van der Waals surface area contributed by atoms with Gasteiger partial charge in [0.2, 0.25) is 0 Å². The summed E-state index contributed by atoms with van der Waals surface area (Å²) in [5.74, 6) is 0. The molecule has 6 heteroatoms. The minimum absolute atomic E-state index is 0.566. The quantitative estimate of drug-likeness (QED) is 0.545. The van der Waals surface area contributed by atoms with Crippen molar-refractivity contribution in [1.82, 2.24) is 4.98 Å². The molecule has 0 atom stereocenters. The van der Waals surface area contributed by atoms with Crippen LogP contribution in [0.4, 0.5) is 10.5 Å². The van der Waals surface area contributed by atoms with Crippen molar-refractivity contribution in [3.63, 3.8) is 0 Å². The molecule has 1 heterocycles. The molecule has 3 rings (SSSR count). The number of aromatic nitrogens is 1. The van der Waals surface area contributed by atoms with Gasteiger partial charge in [-0.25, -0.2) is 4.79 Å². The third kappa shape index (κ3) is 4.18. The summed E-state index contributed by atoms with van der Waals surface area (Å²) in [6.45, 7) is 0. The number of carbonyl (C=O) groups excluding carboxylic acids is 1. The number of benzene rings is 1. The van der Waals surface area contributed by atoms with Gasteiger partial charge in [-0.3, -0.25) is 0 Å². The highest BCUT2D eigenvalue weighted by molar-refractivity contribution is 7.73. The number of primary amides is 1. The van der Waals surface area contributed by atoms with Crippen LogP contribution >= 0.6 is 23.6 Å². The Bertz CT molecular complexity index is 651. The Kier molecular flexibility index (Phi) is 4.70. The Balaban J connectivity index is 0.000000224. The number of carbonyl (C=O) groups is 1. The fraction of sp³-hybridized carbons (Fsp3) is 0.231. The monoisotopic (exact) mass is 293 g/mol. The molecular formula is C13H15N3OS2. The topological polar surface area (TPSA) is 70.9 Å². The number of nitrogens with two attached hydrogens (primary N) is 1. The molecule has 2 aromatic rings. The summed E-state index contributed by atoms with van der Waals surface area (Å²) >= 11 is 6.46. The van der Waals surface area contributed by atoms with Crippen LogP contribution in [0.15, 0.2) is 30.4 Å². The number of H-pyrrole nitrogens is 1. The molecule has 0 aliphatic heterocycles. The second-order valence-electron chi connectivity index (χ2n) is 4.12. The zero-order chi connectivity index (χ0) is 13.7. The Labute approximate surface area is 120 Å². The van der Waals surface area contributed by atoms with Gasteiger partial charge in [-0.1, -0.05) is 12.2 Å². The molecule has 100 valence electrons. The predicted molar refractivity (Wildman–Crippen MR) is 83.2 cm³/mol. The first kappa shape index (κ1) is 13.8. The van der Waals surface area contributed by atoms with Crippen LogP contribution in [-0.4, -0.2) is 11.0 Å². The van der Waals surface area contributed by atoms with Crippen molar-refractivity contribution in [2.45, 2.75) is 19.3 Å². The van der Waals surface area contributed by atoms with Gasteiger partial charge in [0.1, 0.15) is 0 Å². The number of rotatable bonds is 1. The van der Waals surface area contributed by atoms with E-state index in [1.165, 1.54) is 30.6 Å². The molecule has 1 aromatic carbocycles. The van der Waals surface area contributed by atoms with Crippen molar-refractivity contribution in [3.8, 4) is 0 Å². The molecule has 0 unspecified atom stereocenters. The first-order chi connectivity index (χ1) is 9.15. The number of allylic oxidation sites excluding steroid dienone is 2. The van der Waals surface area contributed by atoms with Gasteiger partial charge in [0.25, 0.3) is 0 Å². The number of amides is 2. The predicted octanol–water partition coefficient (Wildman–Crippen LogP) is 4.18. The van der Waals surface area contributed by atoms with E-state index in [4.69, 9.17) is 18.0 Å². The summed E-state index contributed by atoms with van der Waals surface area (Å²) in [6.07, 6.45) is 8.50. The van der Waals surface area contributed by atoms with Crippen molar-refractivity contribution in [2.75, 3.05) is 5.32 Å². The number of fused-ring (bicyclic) bond motifs is 1. The van der Waals surface area contributed by atoms with Crippen LogP contribution in [0.25, 0.3) is 10.2 Å². The minimum atomic E-state index is -0.566. The molecule has 4 N–H and O–H groups in total. The van der Waals surface area contributed by atoms with Crippen molar-refractivity contribution in [3.05, 3.63) is 34.3 Å². The van der Waals surface area contributed by atoms with E-state index in [9.17, 15) is 4.79 Å². The molecule has 0 bridgehead atoms. The van der Waals surface area contributed by atoms with Crippen LogP contribution in [0, 0.1) is 3.95 Å². The number of hydrogen-bond acceptors (Lipinski definition) is 3. The van der Waals surface area contributed by atoms with Gasteiger partial charge >= 0.3 is 6.03 Å². The average Bonchev–Trinajstić information content (AvgIpc) is 2.98. The van der Waals surface area contributed by atoms with Gasteiger partial charge in [0.05, 0.1) is 10.2 Å². The van der Waals surface area contributed by atoms with Gasteiger partial charge < -0.3 is 16.0 Å². The summed E-state index contributed by atoms with van der Waals surface area (Å²) < 4.78 is 1.72. The SMILES string of the molecule is C1=CCCC1.NC(=O)Nc1ccc2[nH]c(=S)sc2c1. The summed E-state index contributed by atoms with van der Waals surface area (Å²) in [4.78, 5) is 13.6. The van der Waals surface area contributed by atoms with Crippen LogP contribution in [-0.2, 0) is 0 Å². The van der Waals surface area contributed by atoms with Crippen LogP contribution in [0.3, 0.4) is 0 Å². The first-order valence-corrected chi connectivity index (χ1v) is 7.22. The normalized spacial score (nSPS) is 13.1. The molecule has 1 aromatic heterocycles. The van der Waals surface area contributed by atoms with Gasteiger partial charge in [-0.2, -0.15) is 0 Å². The van der Waals surface area contributed by atoms with Crippen molar-refractivity contribution in [2.24, 2.45) is 5.73 Å². The van der Waals surface area contributed by atoms with E-state index in [2.05, 4.69) is 22.5 Å². The summed E-state index contributed by atoms with van der Waals surface area (Å²) in [7, 11) is 0. The molecule has 2 amide bonds. The van der Waals surface area contributed by atoms with E-state index in [-0.39, 0.29) is 0 Å². The molecule has 1 aliphatic rings. The average molecular weight is 293 g/mol. The highest BCUT2D eigenvalue weighted by Crippen LogP contribution is 2.22. The van der Waals surface area contributed by atoms with E-state index >= 15 is 0 Å². The second-order valence-corrected chi connectivity index (χ2v) is 5.84. The first-order valence-electron chi connectivity index (χ1n) is 5.99. The molecule has 1 aliphatic carbocycles. The minimum Gasteiger partial charge on any atom is -0.351 e. The van der Waals surface area contributed by atoms with Gasteiger partial charge in [0, 0.05) is 5.69 Å². The fourth-order valence-electron chi connectivity index (χ4n) is 1.75. The fourth-order valence-corrected chi connectivity index (χ4v) is 2.91. The molecular weight excluding hydrogens is 278 g/mol. The number of hydrogen-bond donors (Lipinski definition) is 3. The molecule has 19 heavy (non-hydrogen) atoms. The van der Waals surface area contributed by atoms with Crippen molar-refractivity contribution >= 4 is 45.5 Å². The van der Waals surface area contributed by atoms with E-state index in [0.29, 0.717) is 5.69 Å². The maximum Gasteiger partial charge on any atom is 0.316 e. The zero-order valence-corrected chi connectivity index (χ0v) is 11.9. The Morgan fingerprint density at radius 2 is 2.11 bits per heavy atom. The molecule has 0 saturated carbocycles. The van der Waals surface area contributed by atoms with Crippen LogP contribution in [0.5, 0.6) is 0 Å². The maximum absolute atomic E-state index is 10.6. The van der Waals surface area contributed by atoms with Crippen molar-refractivity contribution < 1.29 is 4.79 Å². The third-order valence-corrected chi connectivity index (χ3v) is 3.79. The number of nitrogens with one attached hydrogen (secondary N) is 2. The van der Waals surface area contributed by atoms with Crippen LogP contribution in [0.2, 0.25) is 0 Å². The van der Waals surface area contributed by atoms with Gasteiger partial charge in [-0.15, -0.1) is 11.3 Å². The molecule has 0 saturated heterocycles. The van der Waals surface area contributed by atoms with Gasteiger partial charge in [0.15, 0.2) is 3.95 Å². The second kappa shape index (κ2) is 6.49. The standard InChI is InChI=1S/C8H7N3OS2.C5H8/c9-7(12)10-4-1-2-5-6(3-4)14-8(13)11-5;1-2-4-5-3-1/h1-3H,(H,11,13)(H3,9,10,12);1-2H,3-5H2. The summed E-state index contributed by atoms with van der Waals surface area (Å²) in [6, 6.07) is 4.89. The third-order valence-electron chi connectivity index (χ3n) is 2.60. The Morgan fingerprint density at radius 1 is 1.37 bits per heavy atom. The molecule has 0 spiro atoms. The molecule has 0 radical (unpaired) electrons.